The molecule has 1 aromatic heterocycles. The van der Waals surface area contributed by atoms with Crippen LogP contribution in [-0.4, -0.2) is 62.0 Å². The van der Waals surface area contributed by atoms with Crippen LogP contribution in [0.1, 0.15) is 44.7 Å². The van der Waals surface area contributed by atoms with Gasteiger partial charge in [0, 0.05) is 56.7 Å². The highest BCUT2D eigenvalue weighted by molar-refractivity contribution is 5.80. The fraction of sp³-hybridized carbons (Fsp3) is 0.481. The number of pyridine rings is 1. The van der Waals surface area contributed by atoms with Gasteiger partial charge in [0.15, 0.2) is 5.82 Å². The SMILES string of the molecule is CCCN(CCC)c1cc(N/N=C/c2cccc(C)c2)nc(N(CC)CCN2C=COCC2)c1. The standard InChI is InChI=1S/C27H40N6O/c1-5-11-33(12-6-2)25-20-26(30-28-22-24-10-8-9-23(4)19-24)29-27(21-25)32(7-3)14-13-31-15-17-34-18-16-31/h8-10,15,17,19-22H,5-7,11-14,16,18H2,1-4H3,(H,29,30)/b28-22+. The zero-order chi connectivity index (χ0) is 24.2. The summed E-state index contributed by atoms with van der Waals surface area (Å²) in [7, 11) is 0. The van der Waals surface area contributed by atoms with Gasteiger partial charge in [0.05, 0.1) is 19.0 Å². The summed E-state index contributed by atoms with van der Waals surface area (Å²) >= 11 is 0. The molecule has 0 radical (unpaired) electrons. The topological polar surface area (TPSA) is 56.2 Å². The first-order chi connectivity index (χ1) is 16.6. The fourth-order valence-electron chi connectivity index (χ4n) is 4.05. The Hall–Kier alpha value is -3.22. The summed E-state index contributed by atoms with van der Waals surface area (Å²) < 4.78 is 5.32. The van der Waals surface area contributed by atoms with Crippen LogP contribution in [0.15, 0.2) is 54.0 Å². The van der Waals surface area contributed by atoms with Gasteiger partial charge in [-0.15, -0.1) is 0 Å². The van der Waals surface area contributed by atoms with E-state index in [-0.39, 0.29) is 0 Å². The number of anilines is 3. The maximum absolute atomic E-state index is 5.32. The number of aryl methyl sites for hydroxylation is 1. The van der Waals surface area contributed by atoms with Crippen LogP contribution in [0.4, 0.5) is 17.3 Å². The first-order valence-corrected chi connectivity index (χ1v) is 12.5. The van der Waals surface area contributed by atoms with Crippen LogP contribution in [0.5, 0.6) is 0 Å². The molecule has 0 spiro atoms. The maximum Gasteiger partial charge on any atom is 0.150 e. The summed E-state index contributed by atoms with van der Waals surface area (Å²) in [4.78, 5) is 12.0. The quantitative estimate of drug-likeness (QED) is 0.329. The van der Waals surface area contributed by atoms with E-state index in [1.807, 2.05) is 18.5 Å². The molecule has 2 aromatic rings. The molecule has 0 atom stereocenters. The van der Waals surface area contributed by atoms with Gasteiger partial charge in [-0.2, -0.15) is 5.10 Å². The normalized spacial score (nSPS) is 13.2. The Morgan fingerprint density at radius 1 is 1.09 bits per heavy atom. The number of rotatable bonds is 13. The number of nitrogens with zero attached hydrogens (tertiary/aromatic N) is 5. The molecule has 34 heavy (non-hydrogen) atoms. The molecule has 0 aliphatic carbocycles. The van der Waals surface area contributed by atoms with Crippen molar-refractivity contribution >= 4 is 23.5 Å². The largest absolute Gasteiger partial charge is 0.498 e. The third-order valence-electron chi connectivity index (χ3n) is 5.81. The van der Waals surface area contributed by atoms with Crippen molar-refractivity contribution in [3.8, 4) is 0 Å². The van der Waals surface area contributed by atoms with Gasteiger partial charge in [-0.3, -0.25) is 5.43 Å². The molecule has 1 N–H and O–H groups in total. The average molecular weight is 465 g/mol. The molecule has 0 saturated carbocycles. The summed E-state index contributed by atoms with van der Waals surface area (Å²) in [6.45, 7) is 15.1. The zero-order valence-corrected chi connectivity index (χ0v) is 21.2. The number of nitrogens with one attached hydrogen (secondary N) is 1. The van der Waals surface area contributed by atoms with E-state index in [1.54, 1.807) is 6.26 Å². The molecule has 0 amide bonds. The van der Waals surface area contributed by atoms with Gasteiger partial charge in [0.25, 0.3) is 0 Å². The summed E-state index contributed by atoms with van der Waals surface area (Å²) in [6.07, 6.45) is 7.86. The fourth-order valence-corrected chi connectivity index (χ4v) is 4.05. The van der Waals surface area contributed by atoms with Crippen LogP contribution in [0.3, 0.4) is 0 Å². The highest BCUT2D eigenvalue weighted by Gasteiger charge is 2.14. The van der Waals surface area contributed by atoms with E-state index >= 15 is 0 Å². The lowest BCUT2D eigenvalue weighted by Crippen LogP contribution is -2.36. The Morgan fingerprint density at radius 3 is 2.59 bits per heavy atom. The van der Waals surface area contributed by atoms with Gasteiger partial charge in [0.2, 0.25) is 0 Å². The van der Waals surface area contributed by atoms with Crippen LogP contribution >= 0.6 is 0 Å². The second-order valence-electron chi connectivity index (χ2n) is 8.61. The molecule has 7 nitrogen and oxygen atoms in total. The van der Waals surface area contributed by atoms with Crippen molar-refractivity contribution in [1.29, 1.82) is 0 Å². The van der Waals surface area contributed by atoms with E-state index in [9.17, 15) is 0 Å². The maximum atomic E-state index is 5.32. The number of hydrogen-bond acceptors (Lipinski definition) is 7. The molecule has 3 rings (SSSR count). The van der Waals surface area contributed by atoms with Crippen LogP contribution in [-0.2, 0) is 4.74 Å². The Labute approximate surface area is 205 Å². The second kappa shape index (κ2) is 13.5. The van der Waals surface area contributed by atoms with Gasteiger partial charge in [-0.1, -0.05) is 43.7 Å². The Balaban J connectivity index is 1.82. The Morgan fingerprint density at radius 2 is 1.91 bits per heavy atom. The van der Waals surface area contributed by atoms with Crippen molar-refractivity contribution in [3.05, 3.63) is 60.0 Å². The Bertz CT molecular complexity index is 938. The number of likely N-dealkylation sites (N-methyl/N-ethyl adjacent to an activating group) is 1. The minimum absolute atomic E-state index is 0.742. The van der Waals surface area contributed by atoms with Crippen molar-refractivity contribution in [1.82, 2.24) is 9.88 Å². The second-order valence-corrected chi connectivity index (χ2v) is 8.61. The monoisotopic (exact) mass is 464 g/mol. The summed E-state index contributed by atoms with van der Waals surface area (Å²) in [6, 6.07) is 12.6. The number of benzene rings is 1. The van der Waals surface area contributed by atoms with Crippen LogP contribution in [0.2, 0.25) is 0 Å². The van der Waals surface area contributed by atoms with Gasteiger partial charge in [0.1, 0.15) is 12.4 Å². The smallest absolute Gasteiger partial charge is 0.150 e. The van der Waals surface area contributed by atoms with Crippen molar-refractivity contribution in [3.63, 3.8) is 0 Å². The zero-order valence-electron chi connectivity index (χ0n) is 21.2. The summed E-state index contributed by atoms with van der Waals surface area (Å²) in [5.41, 5.74) is 6.65. The molecular formula is C27H40N6O. The van der Waals surface area contributed by atoms with Crippen molar-refractivity contribution < 1.29 is 4.74 Å². The van der Waals surface area contributed by atoms with E-state index < -0.39 is 0 Å². The van der Waals surface area contributed by atoms with Crippen molar-refractivity contribution in [2.45, 2.75) is 40.5 Å². The number of hydrogen-bond donors (Lipinski definition) is 1. The molecule has 0 fully saturated rings. The van der Waals surface area contributed by atoms with E-state index in [2.05, 4.69) is 83.3 Å². The van der Waals surface area contributed by atoms with Gasteiger partial charge >= 0.3 is 0 Å². The third kappa shape index (κ3) is 7.68. The average Bonchev–Trinajstić information content (AvgIpc) is 2.85. The molecule has 1 aromatic carbocycles. The molecule has 7 heteroatoms. The van der Waals surface area contributed by atoms with Crippen LogP contribution in [0, 0.1) is 6.92 Å². The lowest BCUT2D eigenvalue weighted by molar-refractivity contribution is 0.174. The highest BCUT2D eigenvalue weighted by atomic mass is 16.5. The lowest BCUT2D eigenvalue weighted by atomic mass is 10.2. The minimum Gasteiger partial charge on any atom is -0.498 e. The molecule has 1 aliphatic heterocycles. The summed E-state index contributed by atoms with van der Waals surface area (Å²) in [5.74, 6) is 1.74. The van der Waals surface area contributed by atoms with E-state index in [1.165, 1.54) is 11.3 Å². The number of aromatic nitrogens is 1. The predicted octanol–water partition coefficient (Wildman–Crippen LogP) is 5.09. The minimum atomic E-state index is 0.742. The molecular weight excluding hydrogens is 424 g/mol. The summed E-state index contributed by atoms with van der Waals surface area (Å²) in [5, 5.41) is 4.49. The van der Waals surface area contributed by atoms with Crippen molar-refractivity contribution in [2.75, 3.05) is 61.1 Å². The van der Waals surface area contributed by atoms with E-state index in [0.717, 1.165) is 75.9 Å². The number of hydrazone groups is 1. The Kier molecular flexibility index (Phi) is 10.1. The highest BCUT2D eigenvalue weighted by Crippen LogP contribution is 2.25. The molecule has 184 valence electrons. The third-order valence-corrected chi connectivity index (χ3v) is 5.81. The number of ether oxygens (including phenoxy) is 1. The van der Waals surface area contributed by atoms with Gasteiger partial charge < -0.3 is 19.4 Å². The molecule has 1 aliphatic rings. The van der Waals surface area contributed by atoms with Gasteiger partial charge in [-0.25, -0.2) is 4.98 Å². The lowest BCUT2D eigenvalue weighted by Gasteiger charge is -2.30. The molecule has 0 saturated heterocycles. The van der Waals surface area contributed by atoms with Crippen LogP contribution in [0.25, 0.3) is 0 Å². The molecule has 0 unspecified atom stereocenters. The van der Waals surface area contributed by atoms with Crippen LogP contribution < -0.4 is 15.2 Å². The van der Waals surface area contributed by atoms with E-state index in [0.29, 0.717) is 0 Å². The predicted molar refractivity (Wildman–Crippen MR) is 144 cm³/mol. The first-order valence-electron chi connectivity index (χ1n) is 12.5. The molecule has 0 bridgehead atoms. The van der Waals surface area contributed by atoms with Crippen molar-refractivity contribution in [2.24, 2.45) is 5.10 Å². The van der Waals surface area contributed by atoms with E-state index in [4.69, 9.17) is 9.72 Å². The molecule has 2 heterocycles. The first kappa shape index (κ1) is 25.4. The van der Waals surface area contributed by atoms with Gasteiger partial charge in [-0.05, 0) is 32.3 Å².